The maximum absolute atomic E-state index is 13.1. The highest BCUT2D eigenvalue weighted by atomic mass is 19.1. The quantitative estimate of drug-likeness (QED) is 0.585. The van der Waals surface area contributed by atoms with Crippen molar-refractivity contribution in [3.8, 4) is 0 Å². The van der Waals surface area contributed by atoms with Crippen molar-refractivity contribution in [2.24, 2.45) is 0 Å². The van der Waals surface area contributed by atoms with E-state index in [1.54, 1.807) is 6.92 Å². The fourth-order valence-corrected chi connectivity index (χ4v) is 0.978. The van der Waals surface area contributed by atoms with Gasteiger partial charge in [0.25, 0.3) is 0 Å². The van der Waals surface area contributed by atoms with Gasteiger partial charge < -0.3 is 10.5 Å². The SMILES string of the molecule is CCOC(=O)c1c(F)ccc(F)c1N. The number of esters is 1. The average molecular weight is 201 g/mol. The van der Waals surface area contributed by atoms with Gasteiger partial charge in [0, 0.05) is 0 Å². The Morgan fingerprint density at radius 1 is 1.43 bits per heavy atom. The molecule has 0 saturated carbocycles. The second-order valence-corrected chi connectivity index (χ2v) is 2.54. The van der Waals surface area contributed by atoms with Gasteiger partial charge in [0.05, 0.1) is 12.3 Å². The lowest BCUT2D eigenvalue weighted by molar-refractivity contribution is 0.0522. The lowest BCUT2D eigenvalue weighted by Crippen LogP contribution is -2.11. The first-order chi connectivity index (χ1) is 6.57. The van der Waals surface area contributed by atoms with Gasteiger partial charge in [0.2, 0.25) is 0 Å². The van der Waals surface area contributed by atoms with Crippen molar-refractivity contribution in [1.82, 2.24) is 0 Å². The summed E-state index contributed by atoms with van der Waals surface area (Å²) in [5.74, 6) is -2.68. The summed E-state index contributed by atoms with van der Waals surface area (Å²) in [6, 6.07) is 1.69. The molecule has 0 aromatic heterocycles. The zero-order chi connectivity index (χ0) is 10.7. The zero-order valence-electron chi connectivity index (χ0n) is 7.51. The van der Waals surface area contributed by atoms with Crippen molar-refractivity contribution in [3.63, 3.8) is 0 Å². The Kier molecular flexibility index (Phi) is 3.01. The van der Waals surface area contributed by atoms with Crippen LogP contribution in [0.3, 0.4) is 0 Å². The summed E-state index contributed by atoms with van der Waals surface area (Å²) in [5, 5.41) is 0. The van der Waals surface area contributed by atoms with Crippen molar-refractivity contribution >= 4 is 11.7 Å². The molecule has 0 radical (unpaired) electrons. The molecular weight excluding hydrogens is 192 g/mol. The third-order valence-corrected chi connectivity index (χ3v) is 1.62. The Morgan fingerprint density at radius 2 is 2.00 bits per heavy atom. The molecule has 76 valence electrons. The first kappa shape index (κ1) is 10.4. The Balaban J connectivity index is 3.18. The van der Waals surface area contributed by atoms with E-state index in [0.29, 0.717) is 0 Å². The molecule has 1 aromatic rings. The summed E-state index contributed by atoms with van der Waals surface area (Å²) in [4.78, 5) is 11.1. The van der Waals surface area contributed by atoms with E-state index in [0.717, 1.165) is 12.1 Å². The normalized spacial score (nSPS) is 9.93. The summed E-state index contributed by atoms with van der Waals surface area (Å²) >= 11 is 0. The van der Waals surface area contributed by atoms with E-state index >= 15 is 0 Å². The van der Waals surface area contributed by atoms with E-state index < -0.39 is 28.9 Å². The van der Waals surface area contributed by atoms with Gasteiger partial charge in [-0.05, 0) is 19.1 Å². The molecule has 1 rings (SSSR count). The lowest BCUT2D eigenvalue weighted by atomic mass is 10.1. The predicted molar refractivity (Wildman–Crippen MR) is 46.7 cm³/mol. The van der Waals surface area contributed by atoms with Crippen molar-refractivity contribution in [2.45, 2.75) is 6.92 Å². The molecular formula is C9H9F2NO2. The van der Waals surface area contributed by atoms with Crippen LogP contribution in [0.2, 0.25) is 0 Å². The van der Waals surface area contributed by atoms with Crippen molar-refractivity contribution in [3.05, 3.63) is 29.3 Å². The molecule has 0 saturated heterocycles. The molecule has 0 heterocycles. The van der Waals surface area contributed by atoms with Gasteiger partial charge >= 0.3 is 5.97 Å². The van der Waals surface area contributed by atoms with Crippen LogP contribution in [-0.2, 0) is 4.74 Å². The number of halogens is 2. The summed E-state index contributed by atoms with van der Waals surface area (Å²) in [7, 11) is 0. The van der Waals surface area contributed by atoms with Crippen LogP contribution in [-0.4, -0.2) is 12.6 Å². The van der Waals surface area contributed by atoms with E-state index in [4.69, 9.17) is 5.73 Å². The topological polar surface area (TPSA) is 52.3 Å². The van der Waals surface area contributed by atoms with E-state index in [-0.39, 0.29) is 6.61 Å². The predicted octanol–water partition coefficient (Wildman–Crippen LogP) is 1.72. The molecule has 2 N–H and O–H groups in total. The highest BCUT2D eigenvalue weighted by molar-refractivity contribution is 5.95. The molecule has 0 unspecified atom stereocenters. The Morgan fingerprint density at radius 3 is 2.57 bits per heavy atom. The molecule has 0 aliphatic carbocycles. The molecule has 0 aliphatic rings. The Labute approximate surface area is 79.5 Å². The number of nitrogens with two attached hydrogens (primary N) is 1. The number of carbonyl (C=O) groups is 1. The number of ether oxygens (including phenoxy) is 1. The Hall–Kier alpha value is -1.65. The number of hydrogen-bond donors (Lipinski definition) is 1. The first-order valence-corrected chi connectivity index (χ1v) is 3.98. The highest BCUT2D eigenvalue weighted by Gasteiger charge is 2.19. The summed E-state index contributed by atoms with van der Waals surface area (Å²) in [6.07, 6.45) is 0. The lowest BCUT2D eigenvalue weighted by Gasteiger charge is -2.06. The van der Waals surface area contributed by atoms with Crippen molar-refractivity contribution in [1.29, 1.82) is 0 Å². The van der Waals surface area contributed by atoms with Gasteiger partial charge in [-0.15, -0.1) is 0 Å². The number of rotatable bonds is 2. The van der Waals surface area contributed by atoms with Crippen molar-refractivity contribution in [2.75, 3.05) is 12.3 Å². The van der Waals surface area contributed by atoms with Crippen LogP contribution in [0, 0.1) is 11.6 Å². The molecule has 0 amide bonds. The van der Waals surface area contributed by atoms with Crippen molar-refractivity contribution < 1.29 is 18.3 Å². The van der Waals surface area contributed by atoms with Crippen LogP contribution < -0.4 is 5.73 Å². The van der Waals surface area contributed by atoms with Gasteiger partial charge in [-0.2, -0.15) is 0 Å². The molecule has 0 fully saturated rings. The fourth-order valence-electron chi connectivity index (χ4n) is 0.978. The summed E-state index contributed by atoms with van der Waals surface area (Å²) < 4.78 is 30.4. The first-order valence-electron chi connectivity index (χ1n) is 3.98. The Bertz CT molecular complexity index is 366. The maximum Gasteiger partial charge on any atom is 0.343 e. The van der Waals surface area contributed by atoms with Gasteiger partial charge in [0.15, 0.2) is 0 Å². The second kappa shape index (κ2) is 4.04. The van der Waals surface area contributed by atoms with Crippen LogP contribution in [0.4, 0.5) is 14.5 Å². The van der Waals surface area contributed by atoms with Gasteiger partial charge in [-0.1, -0.05) is 0 Å². The summed E-state index contributed by atoms with van der Waals surface area (Å²) in [5.41, 5.74) is 4.12. The van der Waals surface area contributed by atoms with E-state index in [9.17, 15) is 13.6 Å². The zero-order valence-corrected chi connectivity index (χ0v) is 7.51. The van der Waals surface area contributed by atoms with E-state index in [1.165, 1.54) is 0 Å². The third kappa shape index (κ3) is 1.81. The molecule has 0 aliphatic heterocycles. The molecule has 0 bridgehead atoms. The van der Waals surface area contributed by atoms with E-state index in [2.05, 4.69) is 4.74 Å². The van der Waals surface area contributed by atoms with Gasteiger partial charge in [-0.25, -0.2) is 13.6 Å². The van der Waals surface area contributed by atoms with E-state index in [1.807, 2.05) is 0 Å². The number of anilines is 1. The summed E-state index contributed by atoms with van der Waals surface area (Å²) in [6.45, 7) is 1.64. The van der Waals surface area contributed by atoms with Crippen LogP contribution in [0.25, 0.3) is 0 Å². The number of carbonyl (C=O) groups excluding carboxylic acids is 1. The van der Waals surface area contributed by atoms with Crippen LogP contribution in [0.1, 0.15) is 17.3 Å². The smallest absolute Gasteiger partial charge is 0.343 e. The largest absolute Gasteiger partial charge is 0.462 e. The number of benzene rings is 1. The average Bonchev–Trinajstić information content (AvgIpc) is 2.13. The maximum atomic E-state index is 13.1. The van der Waals surface area contributed by atoms with Crippen LogP contribution in [0.5, 0.6) is 0 Å². The molecule has 0 spiro atoms. The monoisotopic (exact) mass is 201 g/mol. The molecule has 1 aromatic carbocycles. The molecule has 3 nitrogen and oxygen atoms in total. The minimum absolute atomic E-state index is 0.0776. The van der Waals surface area contributed by atoms with Gasteiger partial charge in [0.1, 0.15) is 17.2 Å². The number of nitrogen functional groups attached to an aromatic ring is 1. The minimum atomic E-state index is -0.956. The van der Waals surface area contributed by atoms with Crippen LogP contribution >= 0.6 is 0 Å². The van der Waals surface area contributed by atoms with Gasteiger partial charge in [-0.3, -0.25) is 0 Å². The number of hydrogen-bond acceptors (Lipinski definition) is 3. The molecule has 5 heteroatoms. The third-order valence-electron chi connectivity index (χ3n) is 1.62. The van der Waals surface area contributed by atoms with Crippen LogP contribution in [0.15, 0.2) is 12.1 Å². The highest BCUT2D eigenvalue weighted by Crippen LogP contribution is 2.20. The minimum Gasteiger partial charge on any atom is -0.462 e. The second-order valence-electron chi connectivity index (χ2n) is 2.54. The molecule has 0 atom stereocenters. The standard InChI is InChI=1S/C9H9F2NO2/c1-2-14-9(13)7-5(10)3-4-6(11)8(7)12/h3-4H,2,12H2,1H3. The molecule has 14 heavy (non-hydrogen) atoms. The fraction of sp³-hybridized carbons (Fsp3) is 0.222.